The standard InChI is InChI=1S/C21H25NO4/c1-4-17-9-11-18(12-10-17)16(3)22-20(23)13-26-21(24)14-25-19-8-6-5-7-15(19)2/h5-12,16H,4,13-14H2,1-3H3,(H,22,23)/t16-/m0/s1. The summed E-state index contributed by atoms with van der Waals surface area (Å²) in [6.45, 7) is 5.32. The molecule has 0 unspecified atom stereocenters. The molecule has 138 valence electrons. The number of aryl methyl sites for hydroxylation is 2. The molecule has 26 heavy (non-hydrogen) atoms. The van der Waals surface area contributed by atoms with Crippen LogP contribution in [0.25, 0.3) is 0 Å². The lowest BCUT2D eigenvalue weighted by molar-refractivity contribution is -0.150. The summed E-state index contributed by atoms with van der Waals surface area (Å²) in [4.78, 5) is 23.7. The number of amides is 1. The van der Waals surface area contributed by atoms with Gasteiger partial charge in [0.2, 0.25) is 0 Å². The third-order valence-corrected chi connectivity index (χ3v) is 4.07. The van der Waals surface area contributed by atoms with Crippen molar-refractivity contribution in [3.05, 3.63) is 65.2 Å². The summed E-state index contributed by atoms with van der Waals surface area (Å²) in [6, 6.07) is 15.3. The molecule has 2 aromatic rings. The Bertz CT molecular complexity index is 740. The van der Waals surface area contributed by atoms with Gasteiger partial charge in [0, 0.05) is 0 Å². The second-order valence-electron chi connectivity index (χ2n) is 6.10. The highest BCUT2D eigenvalue weighted by Gasteiger charge is 2.12. The van der Waals surface area contributed by atoms with Gasteiger partial charge in [0.05, 0.1) is 6.04 Å². The second-order valence-corrected chi connectivity index (χ2v) is 6.10. The molecule has 1 amide bonds. The number of hydrogen-bond acceptors (Lipinski definition) is 4. The molecule has 0 spiro atoms. The maximum absolute atomic E-state index is 12.0. The average Bonchev–Trinajstić information content (AvgIpc) is 2.65. The third-order valence-electron chi connectivity index (χ3n) is 4.07. The molecule has 0 saturated carbocycles. The Morgan fingerprint density at radius 1 is 1.04 bits per heavy atom. The van der Waals surface area contributed by atoms with Crippen molar-refractivity contribution in [2.45, 2.75) is 33.2 Å². The first-order valence-corrected chi connectivity index (χ1v) is 8.72. The molecule has 2 aromatic carbocycles. The van der Waals surface area contributed by atoms with Gasteiger partial charge in [0.25, 0.3) is 5.91 Å². The van der Waals surface area contributed by atoms with Crippen molar-refractivity contribution in [2.24, 2.45) is 0 Å². The normalized spacial score (nSPS) is 11.5. The highest BCUT2D eigenvalue weighted by molar-refractivity contribution is 5.81. The van der Waals surface area contributed by atoms with Crippen LogP contribution in [-0.4, -0.2) is 25.1 Å². The van der Waals surface area contributed by atoms with Gasteiger partial charge in [-0.25, -0.2) is 4.79 Å². The smallest absolute Gasteiger partial charge is 0.344 e. The highest BCUT2D eigenvalue weighted by Crippen LogP contribution is 2.16. The van der Waals surface area contributed by atoms with Gasteiger partial charge in [-0.15, -0.1) is 0 Å². The van der Waals surface area contributed by atoms with Crippen LogP contribution >= 0.6 is 0 Å². The Morgan fingerprint density at radius 2 is 1.73 bits per heavy atom. The van der Waals surface area contributed by atoms with Gasteiger partial charge in [-0.1, -0.05) is 49.4 Å². The lowest BCUT2D eigenvalue weighted by Crippen LogP contribution is -2.32. The van der Waals surface area contributed by atoms with E-state index in [0.29, 0.717) is 5.75 Å². The fraction of sp³-hybridized carbons (Fsp3) is 0.333. The molecule has 0 aliphatic rings. The Kier molecular flexibility index (Phi) is 7.21. The summed E-state index contributed by atoms with van der Waals surface area (Å²) >= 11 is 0. The number of benzene rings is 2. The minimum Gasteiger partial charge on any atom is -0.482 e. The topological polar surface area (TPSA) is 64.6 Å². The zero-order chi connectivity index (χ0) is 18.9. The minimum absolute atomic E-state index is 0.157. The SMILES string of the molecule is CCc1ccc([C@H](C)NC(=O)COC(=O)COc2ccccc2C)cc1. The van der Waals surface area contributed by atoms with Crippen LogP contribution in [0.2, 0.25) is 0 Å². The van der Waals surface area contributed by atoms with Crippen molar-refractivity contribution in [3.8, 4) is 5.75 Å². The summed E-state index contributed by atoms with van der Waals surface area (Å²) in [7, 11) is 0. The van der Waals surface area contributed by atoms with E-state index < -0.39 is 5.97 Å². The quantitative estimate of drug-likeness (QED) is 0.738. The van der Waals surface area contributed by atoms with Crippen molar-refractivity contribution in [3.63, 3.8) is 0 Å². The van der Waals surface area contributed by atoms with Crippen LogP contribution in [0.3, 0.4) is 0 Å². The molecule has 0 aliphatic carbocycles. The molecule has 2 rings (SSSR count). The molecule has 0 fully saturated rings. The molecule has 5 nitrogen and oxygen atoms in total. The predicted octanol–water partition coefficient (Wildman–Crippen LogP) is 3.36. The van der Waals surface area contributed by atoms with Crippen molar-refractivity contribution >= 4 is 11.9 Å². The molecule has 0 heterocycles. The first-order valence-electron chi connectivity index (χ1n) is 8.72. The third kappa shape index (κ3) is 5.92. The lowest BCUT2D eigenvalue weighted by atomic mass is 10.1. The van der Waals surface area contributed by atoms with E-state index in [1.807, 2.05) is 56.3 Å². The first-order chi connectivity index (χ1) is 12.5. The number of nitrogens with one attached hydrogen (secondary N) is 1. The van der Waals surface area contributed by atoms with E-state index in [1.165, 1.54) is 5.56 Å². The first kappa shape index (κ1) is 19.5. The number of esters is 1. The van der Waals surface area contributed by atoms with E-state index in [-0.39, 0.29) is 25.2 Å². The van der Waals surface area contributed by atoms with E-state index in [4.69, 9.17) is 9.47 Å². The van der Waals surface area contributed by atoms with Crippen LogP contribution in [-0.2, 0) is 20.7 Å². The lowest BCUT2D eigenvalue weighted by Gasteiger charge is -2.15. The molecule has 1 N–H and O–H groups in total. The number of carbonyl (C=O) groups excluding carboxylic acids is 2. The molecule has 5 heteroatoms. The van der Waals surface area contributed by atoms with Crippen molar-refractivity contribution < 1.29 is 19.1 Å². The molecule has 0 bridgehead atoms. The van der Waals surface area contributed by atoms with Crippen LogP contribution < -0.4 is 10.1 Å². The average molecular weight is 355 g/mol. The molecule has 0 aromatic heterocycles. The second kappa shape index (κ2) is 9.61. The summed E-state index contributed by atoms with van der Waals surface area (Å²) in [5.41, 5.74) is 3.18. The number of ether oxygens (including phenoxy) is 2. The molecule has 0 radical (unpaired) electrons. The Labute approximate surface area is 154 Å². The Balaban J connectivity index is 1.73. The van der Waals surface area contributed by atoms with Crippen LogP contribution in [0.4, 0.5) is 0 Å². The number of carbonyl (C=O) groups is 2. The van der Waals surface area contributed by atoms with Crippen molar-refractivity contribution in [1.82, 2.24) is 5.32 Å². The van der Waals surface area contributed by atoms with Crippen LogP contribution in [0.15, 0.2) is 48.5 Å². The predicted molar refractivity (Wildman–Crippen MR) is 100 cm³/mol. The molecular weight excluding hydrogens is 330 g/mol. The van der Waals surface area contributed by atoms with Gasteiger partial charge in [0.1, 0.15) is 5.75 Å². The zero-order valence-corrected chi connectivity index (χ0v) is 15.5. The summed E-state index contributed by atoms with van der Waals surface area (Å²) < 4.78 is 10.4. The molecular formula is C21H25NO4. The Hall–Kier alpha value is -2.82. The van der Waals surface area contributed by atoms with Gasteiger partial charge in [-0.3, -0.25) is 4.79 Å². The minimum atomic E-state index is -0.580. The largest absolute Gasteiger partial charge is 0.482 e. The Morgan fingerprint density at radius 3 is 2.38 bits per heavy atom. The van der Waals surface area contributed by atoms with Crippen LogP contribution in [0.5, 0.6) is 5.75 Å². The fourth-order valence-corrected chi connectivity index (χ4v) is 2.45. The summed E-state index contributed by atoms with van der Waals surface area (Å²) in [5, 5.41) is 2.81. The highest BCUT2D eigenvalue weighted by atomic mass is 16.6. The van der Waals surface area contributed by atoms with Gasteiger partial charge in [-0.05, 0) is 43.0 Å². The monoisotopic (exact) mass is 355 g/mol. The van der Waals surface area contributed by atoms with E-state index in [2.05, 4.69) is 12.2 Å². The van der Waals surface area contributed by atoms with Crippen molar-refractivity contribution in [2.75, 3.05) is 13.2 Å². The van der Waals surface area contributed by atoms with E-state index in [9.17, 15) is 9.59 Å². The van der Waals surface area contributed by atoms with Gasteiger partial charge >= 0.3 is 5.97 Å². The van der Waals surface area contributed by atoms with E-state index >= 15 is 0 Å². The van der Waals surface area contributed by atoms with Crippen molar-refractivity contribution in [1.29, 1.82) is 0 Å². The number of rotatable bonds is 8. The maximum atomic E-state index is 12.0. The summed E-state index contributed by atoms with van der Waals surface area (Å²) in [6.07, 6.45) is 0.974. The van der Waals surface area contributed by atoms with E-state index in [1.54, 1.807) is 6.07 Å². The molecule has 0 saturated heterocycles. The molecule has 0 aliphatic heterocycles. The van der Waals surface area contributed by atoms with E-state index in [0.717, 1.165) is 17.5 Å². The number of hydrogen-bond donors (Lipinski definition) is 1. The van der Waals surface area contributed by atoms with Crippen LogP contribution in [0.1, 0.15) is 36.6 Å². The van der Waals surface area contributed by atoms with Gasteiger partial charge in [0.15, 0.2) is 13.2 Å². The van der Waals surface area contributed by atoms with Crippen LogP contribution in [0, 0.1) is 6.92 Å². The zero-order valence-electron chi connectivity index (χ0n) is 15.5. The molecule has 1 atom stereocenters. The summed E-state index contributed by atoms with van der Waals surface area (Å²) in [5.74, 6) is -0.303. The van der Waals surface area contributed by atoms with Gasteiger partial charge in [-0.2, -0.15) is 0 Å². The number of para-hydroxylation sites is 1. The van der Waals surface area contributed by atoms with Gasteiger partial charge < -0.3 is 14.8 Å². The maximum Gasteiger partial charge on any atom is 0.344 e. The fourth-order valence-electron chi connectivity index (χ4n) is 2.45.